The van der Waals surface area contributed by atoms with Gasteiger partial charge in [-0.3, -0.25) is 20.4 Å². The van der Waals surface area contributed by atoms with Crippen LogP contribution in [0.2, 0.25) is 10.0 Å². The molecule has 1 saturated heterocycles. The summed E-state index contributed by atoms with van der Waals surface area (Å²) in [6.07, 6.45) is 1.87. The van der Waals surface area contributed by atoms with E-state index in [1.54, 1.807) is 61.5 Å². The average molecular weight is 856 g/mol. The molecule has 0 saturated carbocycles. The molecule has 4 atom stereocenters. The number of hydrogen-bond donors (Lipinski definition) is 6. The summed E-state index contributed by atoms with van der Waals surface area (Å²) in [4.78, 5) is 31.4. The Morgan fingerprint density at radius 3 is 1.75 bits per heavy atom. The van der Waals surface area contributed by atoms with Gasteiger partial charge in [-0.05, 0) is 87.1 Å². The summed E-state index contributed by atoms with van der Waals surface area (Å²) in [7, 11) is 0. The molecule has 1 aromatic heterocycles. The zero-order chi connectivity index (χ0) is 43.6. The molecule has 2 amide bonds. The number of hydrazine groups is 1. The van der Waals surface area contributed by atoms with Gasteiger partial charge in [0, 0.05) is 35.7 Å². The first-order valence-corrected chi connectivity index (χ1v) is 20.1. The lowest BCUT2D eigenvalue weighted by Gasteiger charge is -2.24. The number of carbonyl (C=O) groups excluding carboxylic acids is 2. The van der Waals surface area contributed by atoms with Crippen molar-refractivity contribution in [2.45, 2.75) is 77.7 Å². The Balaban J connectivity index is 0.000000236. The van der Waals surface area contributed by atoms with Crippen LogP contribution < -0.4 is 21.5 Å². The van der Waals surface area contributed by atoms with Gasteiger partial charge in [-0.25, -0.2) is 9.69 Å². The van der Waals surface area contributed by atoms with E-state index in [1.807, 2.05) is 44.2 Å². The first-order chi connectivity index (χ1) is 28.9. The molecule has 5 aromatic rings. The number of aliphatic hydroxyl groups excluding tert-OH is 2. The summed E-state index contributed by atoms with van der Waals surface area (Å²) in [5.41, 5.74) is 9.28. The van der Waals surface area contributed by atoms with Gasteiger partial charge < -0.3 is 30.0 Å². The third-order valence-electron chi connectivity index (χ3n) is 9.15. The van der Waals surface area contributed by atoms with Crippen LogP contribution in [0.15, 0.2) is 89.3 Å². The van der Waals surface area contributed by atoms with Gasteiger partial charge in [0.15, 0.2) is 0 Å². The predicted octanol–water partition coefficient (Wildman–Crippen LogP) is 8.91. The van der Waals surface area contributed by atoms with Gasteiger partial charge in [-0.1, -0.05) is 85.6 Å². The van der Waals surface area contributed by atoms with Gasteiger partial charge in [-0.2, -0.15) is 0 Å². The minimum Gasteiger partial charge on any atom is -0.418 e. The highest BCUT2D eigenvalue weighted by molar-refractivity contribution is 6.35. The quantitative estimate of drug-likeness (QED) is 0.0524. The Morgan fingerprint density at radius 2 is 1.28 bits per heavy atom. The summed E-state index contributed by atoms with van der Waals surface area (Å²) in [6, 6.07) is 22.8. The third-order valence-corrected chi connectivity index (χ3v) is 10.00. The van der Waals surface area contributed by atoms with Gasteiger partial charge >= 0.3 is 0 Å². The van der Waals surface area contributed by atoms with Crippen molar-refractivity contribution in [1.29, 1.82) is 0 Å². The number of nitrogens with zero attached hydrogens (tertiary/aromatic N) is 4. The first-order valence-electron chi connectivity index (χ1n) is 19.3. The van der Waals surface area contributed by atoms with Crippen LogP contribution in [-0.2, 0) is 22.4 Å². The van der Waals surface area contributed by atoms with Crippen LogP contribution in [0, 0.1) is 13.1 Å². The number of hydrogen-bond acceptors (Lipinski definition) is 10. The Morgan fingerprint density at radius 1 is 0.750 bits per heavy atom. The van der Waals surface area contributed by atoms with Crippen molar-refractivity contribution in [2.75, 3.05) is 23.8 Å². The third kappa shape index (κ3) is 12.7. The summed E-state index contributed by atoms with van der Waals surface area (Å²) in [5.74, 6) is -0.435. The maximum atomic E-state index is 12.5. The minimum absolute atomic E-state index is 0.274. The number of carbonyl (C=O) groups is 2. The molecule has 1 fully saturated rings. The van der Waals surface area contributed by atoms with Crippen LogP contribution in [0.25, 0.3) is 21.1 Å². The lowest BCUT2D eigenvalue weighted by Crippen LogP contribution is -2.52. The van der Waals surface area contributed by atoms with Crippen molar-refractivity contribution in [3.8, 4) is 11.5 Å². The molecule has 16 heteroatoms. The molecule has 0 bridgehead atoms. The summed E-state index contributed by atoms with van der Waals surface area (Å²) < 4.78 is 10.7. The molecular formula is C44H48Cl2N8O6. The lowest BCUT2D eigenvalue weighted by atomic mass is 10.1. The minimum atomic E-state index is -1.06. The summed E-state index contributed by atoms with van der Waals surface area (Å²) >= 11 is 12.6. The number of anilines is 2. The van der Waals surface area contributed by atoms with Crippen molar-refractivity contribution in [2.24, 2.45) is 0 Å². The molecule has 6 N–H and O–H groups in total. The molecule has 0 spiro atoms. The molecule has 0 aliphatic carbocycles. The molecule has 14 nitrogen and oxygen atoms in total. The molecule has 60 heavy (non-hydrogen) atoms. The number of aliphatic hydroxyl groups is 2. The second-order valence-corrected chi connectivity index (χ2v) is 14.2. The Hall–Kier alpha value is -6.00. The van der Waals surface area contributed by atoms with Crippen molar-refractivity contribution < 1.29 is 29.0 Å². The molecule has 6 rings (SSSR count). The molecule has 0 radical (unpaired) electrons. The first kappa shape index (κ1) is 46.7. The van der Waals surface area contributed by atoms with E-state index in [1.165, 1.54) is 19.8 Å². The standard InChI is InChI=1S/C20H21ClN4O3.C20H19ClN4O2.C4H8O/c1-4-14-15(10-11-16(22-3)17(14)21)23-18(12(2)26)20(28)25-24-19(27)13-8-6-5-7-9-13;1-4-14-15(10-11-16(22-3)17(14)21)23-18(12(2)26)20-25-24-19(27-20)13-8-6-5-7-9-13;1-2-4-5-3-1/h5-12,18,23,26H,4H2,1-2H3,(H,24,27)(H,25,28);5-12,18,23,26H,4H2,1-2H3;1-4H2/t2*12-,18+;/m00./s1. The number of rotatable bonds is 12. The number of benzene rings is 4. The fraction of sp³-hybridized carbons (Fsp3) is 0.318. The molecule has 314 valence electrons. The van der Waals surface area contributed by atoms with E-state index in [2.05, 4.69) is 41.4 Å². The maximum Gasteiger partial charge on any atom is 0.269 e. The van der Waals surface area contributed by atoms with Gasteiger partial charge in [0.25, 0.3) is 11.8 Å². The zero-order valence-corrected chi connectivity index (χ0v) is 35.2. The van der Waals surface area contributed by atoms with Crippen LogP contribution in [0.1, 0.15) is 74.0 Å². The molecule has 2 heterocycles. The van der Waals surface area contributed by atoms with Crippen LogP contribution in [-0.4, -0.2) is 63.7 Å². The number of aromatic nitrogens is 2. The molecule has 1 aliphatic heterocycles. The predicted molar refractivity (Wildman–Crippen MR) is 233 cm³/mol. The largest absolute Gasteiger partial charge is 0.418 e. The van der Waals surface area contributed by atoms with E-state index in [9.17, 15) is 19.8 Å². The van der Waals surface area contributed by atoms with Crippen LogP contribution >= 0.6 is 23.2 Å². The van der Waals surface area contributed by atoms with Gasteiger partial charge in [-0.15, -0.1) is 10.2 Å². The molecule has 1 aliphatic rings. The van der Waals surface area contributed by atoms with Crippen molar-refractivity contribution in [3.05, 3.63) is 140 Å². The molecule has 4 aromatic carbocycles. The normalized spacial score (nSPS) is 13.6. The fourth-order valence-corrected chi connectivity index (χ4v) is 6.59. The van der Waals surface area contributed by atoms with E-state index in [0.29, 0.717) is 57.0 Å². The van der Waals surface area contributed by atoms with Gasteiger partial charge in [0.2, 0.25) is 23.2 Å². The average Bonchev–Trinajstić information content (AvgIpc) is 4.02. The van der Waals surface area contributed by atoms with Crippen LogP contribution in [0.5, 0.6) is 0 Å². The highest BCUT2D eigenvalue weighted by Gasteiger charge is 2.27. The van der Waals surface area contributed by atoms with E-state index in [4.69, 9.17) is 45.5 Å². The highest BCUT2D eigenvalue weighted by Crippen LogP contribution is 2.37. The summed E-state index contributed by atoms with van der Waals surface area (Å²) in [5, 5.41) is 35.4. The lowest BCUT2D eigenvalue weighted by molar-refractivity contribution is -0.124. The summed E-state index contributed by atoms with van der Waals surface area (Å²) in [6.45, 7) is 23.3. The van der Waals surface area contributed by atoms with E-state index < -0.39 is 36.1 Å². The van der Waals surface area contributed by atoms with E-state index in [-0.39, 0.29) is 5.89 Å². The Labute approximate surface area is 359 Å². The molecule has 0 unspecified atom stereocenters. The zero-order valence-electron chi connectivity index (χ0n) is 33.7. The Bertz CT molecular complexity index is 2250. The number of amides is 2. The number of halogens is 2. The van der Waals surface area contributed by atoms with E-state index in [0.717, 1.165) is 30.0 Å². The van der Waals surface area contributed by atoms with Gasteiger partial charge in [0.05, 0.1) is 35.4 Å². The smallest absolute Gasteiger partial charge is 0.269 e. The van der Waals surface area contributed by atoms with Gasteiger partial charge in [0.1, 0.15) is 12.1 Å². The monoisotopic (exact) mass is 854 g/mol. The maximum absolute atomic E-state index is 12.5. The Kier molecular flexibility index (Phi) is 18.3. The second-order valence-electron chi connectivity index (χ2n) is 13.4. The van der Waals surface area contributed by atoms with Crippen molar-refractivity contribution in [1.82, 2.24) is 21.0 Å². The fourth-order valence-electron chi connectivity index (χ4n) is 5.91. The number of ether oxygens (including phenoxy) is 1. The second kappa shape index (κ2) is 23.6. The van der Waals surface area contributed by atoms with Crippen LogP contribution in [0.4, 0.5) is 22.7 Å². The van der Waals surface area contributed by atoms with E-state index >= 15 is 0 Å². The SMILES string of the molecule is C1CCOC1.[C-]#[N+]c1ccc(N[C@@H](C(=O)NNC(=O)c2ccccc2)[C@H](C)O)c(CC)c1Cl.[C-]#[N+]c1ccc(N[C@@H](c2nnc(-c3ccccc3)o2)[C@H](C)O)c(CC)c1Cl. The molecular weight excluding hydrogens is 807 g/mol. The van der Waals surface area contributed by atoms with Crippen molar-refractivity contribution >= 4 is 57.8 Å². The number of nitrogens with one attached hydrogen (secondary N) is 4. The highest BCUT2D eigenvalue weighted by atomic mass is 35.5. The topological polar surface area (TPSA) is 180 Å². The van der Waals surface area contributed by atoms with Crippen LogP contribution in [0.3, 0.4) is 0 Å². The van der Waals surface area contributed by atoms with Crippen molar-refractivity contribution in [3.63, 3.8) is 0 Å².